The molecular weight excluding hydrogens is 266 g/mol. The third-order valence-corrected chi connectivity index (χ3v) is 3.06. The molecule has 2 heterocycles. The number of amides is 1. The monoisotopic (exact) mass is 281 g/mol. The second kappa shape index (κ2) is 5.24. The van der Waals surface area contributed by atoms with Crippen molar-refractivity contribution in [3.05, 3.63) is 60.0 Å². The summed E-state index contributed by atoms with van der Waals surface area (Å²) in [6.45, 7) is 1.98. The SMILES string of the molecule is Cc1cnn(-c2ccc(C(=O)Nc3ccn(C)n3)cc2)c1. The van der Waals surface area contributed by atoms with Gasteiger partial charge in [-0.15, -0.1) is 0 Å². The number of benzene rings is 1. The Morgan fingerprint density at radius 1 is 1.19 bits per heavy atom. The zero-order chi connectivity index (χ0) is 14.8. The zero-order valence-electron chi connectivity index (χ0n) is 11.8. The van der Waals surface area contributed by atoms with E-state index in [4.69, 9.17) is 0 Å². The fourth-order valence-electron chi connectivity index (χ4n) is 1.99. The number of aromatic nitrogens is 4. The highest BCUT2D eigenvalue weighted by molar-refractivity contribution is 6.03. The lowest BCUT2D eigenvalue weighted by atomic mass is 10.2. The van der Waals surface area contributed by atoms with Crippen LogP contribution in [0.3, 0.4) is 0 Å². The highest BCUT2D eigenvalue weighted by Crippen LogP contribution is 2.11. The molecular formula is C15H15N5O. The number of nitrogens with one attached hydrogen (secondary N) is 1. The number of nitrogens with zero attached hydrogens (tertiary/aromatic N) is 4. The van der Waals surface area contributed by atoms with Crippen LogP contribution in [0.4, 0.5) is 5.82 Å². The van der Waals surface area contributed by atoms with Gasteiger partial charge in [-0.05, 0) is 36.8 Å². The van der Waals surface area contributed by atoms with Crippen LogP contribution in [-0.4, -0.2) is 25.5 Å². The molecule has 0 spiro atoms. The van der Waals surface area contributed by atoms with Crippen molar-refractivity contribution in [1.82, 2.24) is 19.6 Å². The molecule has 3 aromatic rings. The third kappa shape index (κ3) is 2.84. The van der Waals surface area contributed by atoms with Crippen molar-refractivity contribution in [2.45, 2.75) is 6.92 Å². The van der Waals surface area contributed by atoms with Crippen LogP contribution >= 0.6 is 0 Å². The highest BCUT2D eigenvalue weighted by Gasteiger charge is 2.08. The summed E-state index contributed by atoms with van der Waals surface area (Å²) < 4.78 is 3.41. The van der Waals surface area contributed by atoms with Crippen LogP contribution in [0.5, 0.6) is 0 Å². The fraction of sp³-hybridized carbons (Fsp3) is 0.133. The van der Waals surface area contributed by atoms with Gasteiger partial charge in [-0.2, -0.15) is 10.2 Å². The Labute approximate surface area is 122 Å². The van der Waals surface area contributed by atoms with Gasteiger partial charge >= 0.3 is 0 Å². The van der Waals surface area contributed by atoms with Crippen molar-refractivity contribution in [3.63, 3.8) is 0 Å². The van der Waals surface area contributed by atoms with Crippen LogP contribution in [0.15, 0.2) is 48.9 Å². The zero-order valence-corrected chi connectivity index (χ0v) is 11.8. The largest absolute Gasteiger partial charge is 0.305 e. The van der Waals surface area contributed by atoms with Crippen LogP contribution in [0.1, 0.15) is 15.9 Å². The van der Waals surface area contributed by atoms with E-state index in [1.807, 2.05) is 25.3 Å². The first-order valence-corrected chi connectivity index (χ1v) is 6.54. The van der Waals surface area contributed by atoms with E-state index in [2.05, 4.69) is 15.5 Å². The number of carbonyl (C=O) groups is 1. The van der Waals surface area contributed by atoms with Gasteiger partial charge < -0.3 is 5.32 Å². The number of anilines is 1. The molecule has 0 saturated heterocycles. The quantitative estimate of drug-likeness (QED) is 0.800. The van der Waals surface area contributed by atoms with Gasteiger partial charge in [-0.3, -0.25) is 9.48 Å². The molecule has 3 rings (SSSR count). The van der Waals surface area contributed by atoms with E-state index < -0.39 is 0 Å². The highest BCUT2D eigenvalue weighted by atomic mass is 16.1. The summed E-state index contributed by atoms with van der Waals surface area (Å²) in [5.74, 6) is 0.353. The molecule has 0 aliphatic rings. The topological polar surface area (TPSA) is 64.7 Å². The fourth-order valence-corrected chi connectivity index (χ4v) is 1.99. The minimum Gasteiger partial charge on any atom is -0.305 e. The molecule has 0 aliphatic heterocycles. The molecule has 1 N–H and O–H groups in total. The molecule has 1 amide bonds. The molecule has 0 bridgehead atoms. The molecule has 0 aliphatic carbocycles. The maximum Gasteiger partial charge on any atom is 0.256 e. The van der Waals surface area contributed by atoms with Gasteiger partial charge in [0.25, 0.3) is 5.91 Å². The van der Waals surface area contributed by atoms with Crippen LogP contribution in [0.2, 0.25) is 0 Å². The van der Waals surface area contributed by atoms with Crippen LogP contribution in [0.25, 0.3) is 5.69 Å². The first-order chi connectivity index (χ1) is 10.1. The maximum atomic E-state index is 12.1. The van der Waals surface area contributed by atoms with Gasteiger partial charge in [0, 0.05) is 31.1 Å². The first-order valence-electron chi connectivity index (χ1n) is 6.54. The Balaban J connectivity index is 1.76. The molecule has 6 nitrogen and oxygen atoms in total. The smallest absolute Gasteiger partial charge is 0.256 e. The molecule has 0 fully saturated rings. The summed E-state index contributed by atoms with van der Waals surface area (Å²) in [7, 11) is 1.80. The minimum atomic E-state index is -0.183. The predicted molar refractivity (Wildman–Crippen MR) is 79.5 cm³/mol. The molecule has 21 heavy (non-hydrogen) atoms. The van der Waals surface area contributed by atoms with Gasteiger partial charge in [0.05, 0.1) is 11.9 Å². The predicted octanol–water partition coefficient (Wildman–Crippen LogP) is 2.17. The summed E-state index contributed by atoms with van der Waals surface area (Å²) in [6.07, 6.45) is 5.50. The van der Waals surface area contributed by atoms with Crippen LogP contribution in [-0.2, 0) is 7.05 Å². The summed E-state index contributed by atoms with van der Waals surface area (Å²) in [6, 6.07) is 9.01. The number of hydrogen-bond acceptors (Lipinski definition) is 3. The Morgan fingerprint density at radius 3 is 2.52 bits per heavy atom. The minimum absolute atomic E-state index is 0.183. The van der Waals surface area contributed by atoms with Gasteiger partial charge in [0.1, 0.15) is 0 Å². The number of hydrogen-bond donors (Lipinski definition) is 1. The number of carbonyl (C=O) groups excluding carboxylic acids is 1. The summed E-state index contributed by atoms with van der Waals surface area (Å²) in [5, 5.41) is 11.1. The van der Waals surface area contributed by atoms with E-state index in [1.165, 1.54) is 0 Å². The molecule has 1 aromatic carbocycles. The lowest BCUT2D eigenvalue weighted by Gasteiger charge is -2.04. The molecule has 106 valence electrons. The second-order valence-electron chi connectivity index (χ2n) is 4.84. The van der Waals surface area contributed by atoms with E-state index in [0.29, 0.717) is 11.4 Å². The Bertz CT molecular complexity index is 769. The molecule has 0 unspecified atom stereocenters. The second-order valence-corrected chi connectivity index (χ2v) is 4.84. The van der Waals surface area contributed by atoms with Crippen molar-refractivity contribution < 1.29 is 4.79 Å². The van der Waals surface area contributed by atoms with E-state index >= 15 is 0 Å². The van der Waals surface area contributed by atoms with Crippen LogP contribution < -0.4 is 5.32 Å². The van der Waals surface area contributed by atoms with Crippen molar-refractivity contribution >= 4 is 11.7 Å². The number of aryl methyl sites for hydroxylation is 2. The van der Waals surface area contributed by atoms with Crippen molar-refractivity contribution in [2.24, 2.45) is 7.05 Å². The standard InChI is InChI=1S/C15H15N5O/c1-11-9-16-20(10-11)13-5-3-12(4-6-13)15(21)17-14-7-8-19(2)18-14/h3-10H,1-2H3,(H,17,18,21). The van der Waals surface area contributed by atoms with Crippen molar-refractivity contribution in [2.75, 3.05) is 5.32 Å². The Kier molecular flexibility index (Phi) is 3.27. The van der Waals surface area contributed by atoms with Gasteiger partial charge in [0.15, 0.2) is 5.82 Å². The van der Waals surface area contributed by atoms with E-state index in [-0.39, 0.29) is 5.91 Å². The molecule has 0 radical (unpaired) electrons. The van der Waals surface area contributed by atoms with Crippen molar-refractivity contribution in [1.29, 1.82) is 0 Å². The van der Waals surface area contributed by atoms with Gasteiger partial charge in [-0.1, -0.05) is 0 Å². The lowest BCUT2D eigenvalue weighted by molar-refractivity contribution is 0.102. The maximum absolute atomic E-state index is 12.1. The van der Waals surface area contributed by atoms with E-state index in [0.717, 1.165) is 11.3 Å². The summed E-state index contributed by atoms with van der Waals surface area (Å²) in [4.78, 5) is 12.1. The van der Waals surface area contributed by atoms with Gasteiger partial charge in [0.2, 0.25) is 0 Å². The van der Waals surface area contributed by atoms with Crippen molar-refractivity contribution in [3.8, 4) is 5.69 Å². The van der Waals surface area contributed by atoms with E-state index in [9.17, 15) is 4.79 Å². The lowest BCUT2D eigenvalue weighted by Crippen LogP contribution is -2.12. The molecule has 0 atom stereocenters. The average Bonchev–Trinajstić information content (AvgIpc) is 3.08. The number of rotatable bonds is 3. The summed E-state index contributed by atoms with van der Waals surface area (Å²) in [5.41, 5.74) is 2.58. The molecule has 6 heteroatoms. The first kappa shape index (κ1) is 13.1. The normalized spacial score (nSPS) is 10.6. The third-order valence-electron chi connectivity index (χ3n) is 3.06. The summed E-state index contributed by atoms with van der Waals surface area (Å²) >= 11 is 0. The van der Waals surface area contributed by atoms with E-state index in [1.54, 1.807) is 47.0 Å². The Morgan fingerprint density at radius 2 is 1.95 bits per heavy atom. The van der Waals surface area contributed by atoms with Gasteiger partial charge in [-0.25, -0.2) is 4.68 Å². The molecule has 0 saturated carbocycles. The Hall–Kier alpha value is -2.89. The average molecular weight is 281 g/mol. The van der Waals surface area contributed by atoms with Crippen LogP contribution in [0, 0.1) is 6.92 Å². The molecule has 2 aromatic heterocycles.